The van der Waals surface area contributed by atoms with Crippen LogP contribution in [-0.4, -0.2) is 34.4 Å². The summed E-state index contributed by atoms with van der Waals surface area (Å²) in [6.07, 6.45) is -1.75. The number of nitrogens with one attached hydrogen (secondary N) is 1. The summed E-state index contributed by atoms with van der Waals surface area (Å²) >= 11 is 1.48. The summed E-state index contributed by atoms with van der Waals surface area (Å²) in [5.74, 6) is 0.452. The van der Waals surface area contributed by atoms with E-state index in [1.165, 1.54) is 30.8 Å². The van der Waals surface area contributed by atoms with Crippen LogP contribution in [0.2, 0.25) is 0 Å². The molecule has 1 aromatic carbocycles. The van der Waals surface area contributed by atoms with E-state index in [4.69, 9.17) is 0 Å². The van der Waals surface area contributed by atoms with Gasteiger partial charge in [-0.05, 0) is 37.5 Å². The van der Waals surface area contributed by atoms with Gasteiger partial charge in [0.1, 0.15) is 6.04 Å². The zero-order valence-electron chi connectivity index (χ0n) is 13.7. The number of aryl methyl sites for hydroxylation is 1. The maximum absolute atomic E-state index is 13.0. The number of carbonyl (C=O) groups excluding carboxylic acids is 2. The molecule has 136 valence electrons. The lowest BCUT2D eigenvalue weighted by Crippen LogP contribution is -2.47. The Morgan fingerprint density at radius 1 is 1.28 bits per heavy atom. The van der Waals surface area contributed by atoms with Gasteiger partial charge in [-0.25, -0.2) is 0 Å². The molecule has 1 heterocycles. The van der Waals surface area contributed by atoms with Crippen molar-refractivity contribution in [3.05, 3.63) is 29.3 Å². The van der Waals surface area contributed by atoms with Crippen LogP contribution in [0.4, 0.5) is 18.9 Å². The third-order valence-electron chi connectivity index (χ3n) is 4.73. The average molecular weight is 372 g/mol. The SMILES string of the molecule is Cc1ccc(NC(=O)C2CSCN2C(=O)C2CCC2)cc1C(F)(F)F. The first-order valence-corrected chi connectivity index (χ1v) is 9.30. The third kappa shape index (κ3) is 3.78. The Balaban J connectivity index is 1.72. The second kappa shape index (κ2) is 6.90. The zero-order valence-corrected chi connectivity index (χ0v) is 14.5. The van der Waals surface area contributed by atoms with Crippen LogP contribution in [0.25, 0.3) is 0 Å². The van der Waals surface area contributed by atoms with E-state index in [-0.39, 0.29) is 23.1 Å². The number of rotatable bonds is 3. The van der Waals surface area contributed by atoms with E-state index in [9.17, 15) is 22.8 Å². The Kier molecular flexibility index (Phi) is 4.99. The largest absolute Gasteiger partial charge is 0.416 e. The molecule has 0 radical (unpaired) electrons. The van der Waals surface area contributed by atoms with E-state index < -0.39 is 23.7 Å². The number of anilines is 1. The van der Waals surface area contributed by atoms with Gasteiger partial charge in [-0.3, -0.25) is 9.59 Å². The minimum absolute atomic E-state index is 0.00907. The molecule has 1 aliphatic carbocycles. The number of nitrogens with zero attached hydrogens (tertiary/aromatic N) is 1. The highest BCUT2D eigenvalue weighted by Crippen LogP contribution is 2.34. The van der Waals surface area contributed by atoms with E-state index in [1.54, 1.807) is 4.90 Å². The van der Waals surface area contributed by atoms with Gasteiger partial charge in [0.05, 0.1) is 11.4 Å². The van der Waals surface area contributed by atoms with Crippen molar-refractivity contribution in [3.8, 4) is 0 Å². The highest BCUT2D eigenvalue weighted by atomic mass is 32.2. The summed E-state index contributed by atoms with van der Waals surface area (Å²) in [4.78, 5) is 26.5. The van der Waals surface area contributed by atoms with Gasteiger partial charge in [0.15, 0.2) is 0 Å². The molecule has 4 nitrogen and oxygen atoms in total. The second-order valence-corrected chi connectivity index (χ2v) is 7.47. The van der Waals surface area contributed by atoms with Crippen molar-refractivity contribution in [1.29, 1.82) is 0 Å². The maximum Gasteiger partial charge on any atom is 0.416 e. The van der Waals surface area contributed by atoms with Crippen molar-refractivity contribution in [3.63, 3.8) is 0 Å². The molecule has 2 fully saturated rings. The monoisotopic (exact) mass is 372 g/mol. The Morgan fingerprint density at radius 2 is 2.00 bits per heavy atom. The van der Waals surface area contributed by atoms with E-state index in [0.29, 0.717) is 11.6 Å². The summed E-state index contributed by atoms with van der Waals surface area (Å²) in [5, 5.41) is 2.54. The molecule has 0 bridgehead atoms. The standard InChI is InChI=1S/C17H19F3N2O2S/c1-10-5-6-12(7-13(10)17(18,19)20)21-15(23)14-8-25-9-22(14)16(24)11-3-2-4-11/h5-7,11,14H,2-4,8-9H2,1H3,(H,21,23). The molecule has 0 spiro atoms. The molecule has 3 rings (SSSR count). The summed E-state index contributed by atoms with van der Waals surface area (Å²) in [7, 11) is 0. The number of carbonyl (C=O) groups is 2. The molecule has 2 amide bonds. The lowest BCUT2D eigenvalue weighted by Gasteiger charge is -2.31. The summed E-state index contributed by atoms with van der Waals surface area (Å²) in [5.41, 5.74) is -0.576. The Labute approximate surface area is 148 Å². The van der Waals surface area contributed by atoms with Crippen LogP contribution in [0.15, 0.2) is 18.2 Å². The predicted octanol–water partition coefficient (Wildman–Crippen LogP) is 3.65. The summed E-state index contributed by atoms with van der Waals surface area (Å²) in [6, 6.07) is 3.09. The molecule has 1 saturated carbocycles. The molecule has 1 atom stereocenters. The van der Waals surface area contributed by atoms with Gasteiger partial charge < -0.3 is 10.2 Å². The third-order valence-corrected chi connectivity index (χ3v) is 5.75. The van der Waals surface area contributed by atoms with E-state index >= 15 is 0 Å². The lowest BCUT2D eigenvalue weighted by molar-refractivity contribution is -0.141. The fraction of sp³-hybridized carbons (Fsp3) is 0.529. The Bertz CT molecular complexity index is 689. The van der Waals surface area contributed by atoms with Gasteiger partial charge in [-0.1, -0.05) is 12.5 Å². The van der Waals surface area contributed by atoms with Crippen LogP contribution in [0.1, 0.15) is 30.4 Å². The van der Waals surface area contributed by atoms with Crippen molar-refractivity contribution in [2.24, 2.45) is 5.92 Å². The second-order valence-electron chi connectivity index (χ2n) is 6.47. The number of benzene rings is 1. The van der Waals surface area contributed by atoms with Gasteiger partial charge >= 0.3 is 6.18 Å². The maximum atomic E-state index is 13.0. The van der Waals surface area contributed by atoms with Gasteiger partial charge in [-0.2, -0.15) is 13.2 Å². The molecule has 25 heavy (non-hydrogen) atoms. The fourth-order valence-electron chi connectivity index (χ4n) is 3.00. The van der Waals surface area contributed by atoms with E-state index in [0.717, 1.165) is 25.3 Å². The minimum atomic E-state index is -4.47. The normalized spacial score (nSPS) is 21.1. The minimum Gasteiger partial charge on any atom is -0.324 e. The van der Waals surface area contributed by atoms with Gasteiger partial charge in [0, 0.05) is 17.4 Å². The van der Waals surface area contributed by atoms with Crippen molar-refractivity contribution in [1.82, 2.24) is 4.90 Å². The first-order valence-electron chi connectivity index (χ1n) is 8.14. The van der Waals surface area contributed by atoms with Crippen LogP contribution >= 0.6 is 11.8 Å². The number of thioether (sulfide) groups is 1. The number of hydrogen-bond donors (Lipinski definition) is 1. The average Bonchev–Trinajstić information content (AvgIpc) is 2.95. The van der Waals surface area contributed by atoms with Crippen molar-refractivity contribution in [2.45, 2.75) is 38.4 Å². The zero-order chi connectivity index (χ0) is 18.2. The molecule has 1 N–H and O–H groups in total. The van der Waals surface area contributed by atoms with Crippen molar-refractivity contribution >= 4 is 29.3 Å². The number of hydrogen-bond acceptors (Lipinski definition) is 3. The molecule has 1 unspecified atom stereocenters. The van der Waals surface area contributed by atoms with Gasteiger partial charge in [0.25, 0.3) is 0 Å². The van der Waals surface area contributed by atoms with Crippen LogP contribution in [0.3, 0.4) is 0 Å². The van der Waals surface area contributed by atoms with Gasteiger partial charge in [-0.15, -0.1) is 11.8 Å². The molecule has 1 aromatic rings. The topological polar surface area (TPSA) is 49.4 Å². The van der Waals surface area contributed by atoms with E-state index in [2.05, 4.69) is 5.32 Å². The molecule has 1 aliphatic heterocycles. The van der Waals surface area contributed by atoms with Crippen molar-refractivity contribution in [2.75, 3.05) is 16.9 Å². The smallest absolute Gasteiger partial charge is 0.324 e. The van der Waals surface area contributed by atoms with Crippen molar-refractivity contribution < 1.29 is 22.8 Å². The molecule has 0 aromatic heterocycles. The molecular weight excluding hydrogens is 353 g/mol. The Hall–Kier alpha value is -1.70. The molecular formula is C17H19F3N2O2S. The first-order chi connectivity index (χ1) is 11.8. The molecule has 1 saturated heterocycles. The van der Waals surface area contributed by atoms with Crippen LogP contribution < -0.4 is 5.32 Å². The highest BCUT2D eigenvalue weighted by Gasteiger charge is 2.39. The summed E-state index contributed by atoms with van der Waals surface area (Å²) in [6.45, 7) is 1.38. The predicted molar refractivity (Wildman–Crippen MR) is 90.1 cm³/mol. The van der Waals surface area contributed by atoms with E-state index in [1.807, 2.05) is 0 Å². The number of halogens is 3. The number of amides is 2. The fourth-order valence-corrected chi connectivity index (χ4v) is 4.16. The van der Waals surface area contributed by atoms with Crippen LogP contribution in [-0.2, 0) is 15.8 Å². The highest BCUT2D eigenvalue weighted by molar-refractivity contribution is 7.99. The van der Waals surface area contributed by atoms with Gasteiger partial charge in [0.2, 0.25) is 11.8 Å². The first kappa shape index (κ1) is 18.1. The Morgan fingerprint density at radius 3 is 2.60 bits per heavy atom. The number of alkyl halides is 3. The molecule has 2 aliphatic rings. The molecule has 8 heteroatoms. The van der Waals surface area contributed by atoms with Crippen LogP contribution in [0, 0.1) is 12.8 Å². The van der Waals surface area contributed by atoms with Crippen LogP contribution in [0.5, 0.6) is 0 Å². The quantitative estimate of drug-likeness (QED) is 0.881. The summed E-state index contributed by atoms with van der Waals surface area (Å²) < 4.78 is 39.0. The lowest BCUT2D eigenvalue weighted by atomic mass is 9.84.